The highest BCUT2D eigenvalue weighted by Crippen LogP contribution is 2.26. The summed E-state index contributed by atoms with van der Waals surface area (Å²) in [7, 11) is -4.58. The largest absolute Gasteiger partial charge is 0.458 e. The monoisotopic (exact) mass is 475 g/mol. The maximum absolute atomic E-state index is 13.1. The fraction of sp³-hybridized carbons (Fsp3) is 0.579. The Balaban J connectivity index is 3.07. The van der Waals surface area contributed by atoms with Gasteiger partial charge in [0.25, 0.3) is 15.7 Å². The predicted molar refractivity (Wildman–Crippen MR) is 113 cm³/mol. The quantitative estimate of drug-likeness (QED) is 0.322. The number of sulfonamides is 1. The Labute approximate surface area is 187 Å². The number of hydroxylamine groups is 1. The minimum atomic E-state index is -4.58. The number of para-hydroxylation sites is 1. The first kappa shape index (κ1) is 27.3. The van der Waals surface area contributed by atoms with E-state index in [1.807, 2.05) is 0 Å². The molecular formula is C19H29N3O9S. The topological polar surface area (TPSA) is 154 Å². The van der Waals surface area contributed by atoms with Crippen molar-refractivity contribution in [3.8, 4) is 0 Å². The summed E-state index contributed by atoms with van der Waals surface area (Å²) in [5.74, 6) is -0.847. The van der Waals surface area contributed by atoms with Gasteiger partial charge in [-0.3, -0.25) is 15.0 Å². The molecule has 0 saturated heterocycles. The van der Waals surface area contributed by atoms with Crippen LogP contribution in [0, 0.1) is 10.1 Å². The van der Waals surface area contributed by atoms with Crippen LogP contribution in [0.15, 0.2) is 29.2 Å². The summed E-state index contributed by atoms with van der Waals surface area (Å²) in [5.41, 5.74) is -2.27. The number of benzene rings is 1. The minimum absolute atomic E-state index is 0.261. The van der Waals surface area contributed by atoms with Crippen molar-refractivity contribution in [3.05, 3.63) is 34.4 Å². The number of rotatable bonds is 9. The van der Waals surface area contributed by atoms with Crippen LogP contribution in [0.1, 0.15) is 41.5 Å². The number of nitro groups is 1. The molecule has 12 nitrogen and oxygen atoms in total. The van der Waals surface area contributed by atoms with Crippen molar-refractivity contribution in [1.82, 2.24) is 9.79 Å². The molecule has 1 rings (SSSR count). The summed E-state index contributed by atoms with van der Waals surface area (Å²) in [6.07, 6.45) is -0.798. The molecule has 0 aliphatic heterocycles. The van der Waals surface area contributed by atoms with Gasteiger partial charge in [0.05, 0.1) is 11.5 Å². The van der Waals surface area contributed by atoms with Gasteiger partial charge in [-0.05, 0) is 47.6 Å². The van der Waals surface area contributed by atoms with E-state index in [0.717, 1.165) is 12.1 Å². The fourth-order valence-corrected chi connectivity index (χ4v) is 3.65. The molecule has 0 unspecified atom stereocenters. The van der Waals surface area contributed by atoms with Gasteiger partial charge in [-0.1, -0.05) is 16.6 Å². The number of alkyl carbamates (subject to hydrolysis) is 1. The molecule has 0 aliphatic rings. The van der Waals surface area contributed by atoms with Crippen LogP contribution in [-0.2, 0) is 29.1 Å². The van der Waals surface area contributed by atoms with Gasteiger partial charge in [0, 0.05) is 12.6 Å². The van der Waals surface area contributed by atoms with E-state index >= 15 is 0 Å². The highest BCUT2D eigenvalue weighted by Gasteiger charge is 2.33. The van der Waals surface area contributed by atoms with E-state index in [2.05, 4.69) is 5.32 Å². The number of carbonyl (C=O) groups is 2. The minimum Gasteiger partial charge on any atom is -0.458 e. The molecule has 0 atom stereocenters. The van der Waals surface area contributed by atoms with Crippen LogP contribution < -0.4 is 5.32 Å². The predicted octanol–water partition coefficient (Wildman–Crippen LogP) is 2.38. The Kier molecular flexibility index (Phi) is 9.12. The SMILES string of the molecule is CC(C)(C)OC(=O)CON(CCNC(=O)OC(C)(C)C)S(=O)(=O)c1ccccc1[N+](=O)[O-]. The van der Waals surface area contributed by atoms with Crippen LogP contribution in [0.5, 0.6) is 0 Å². The molecule has 0 fully saturated rings. The molecule has 180 valence electrons. The van der Waals surface area contributed by atoms with Gasteiger partial charge in [0.2, 0.25) is 0 Å². The molecule has 0 spiro atoms. The lowest BCUT2D eigenvalue weighted by Crippen LogP contribution is -2.41. The second kappa shape index (κ2) is 10.7. The molecule has 32 heavy (non-hydrogen) atoms. The molecule has 0 radical (unpaired) electrons. The average Bonchev–Trinajstić information content (AvgIpc) is 2.61. The van der Waals surface area contributed by atoms with Crippen LogP contribution >= 0.6 is 0 Å². The number of ether oxygens (including phenoxy) is 2. The maximum Gasteiger partial charge on any atom is 0.407 e. The summed E-state index contributed by atoms with van der Waals surface area (Å²) < 4.78 is 36.7. The molecule has 1 aromatic rings. The zero-order valence-electron chi connectivity index (χ0n) is 18.9. The Morgan fingerprint density at radius 1 is 1.06 bits per heavy atom. The number of nitrogens with one attached hydrogen (secondary N) is 1. The molecule has 0 heterocycles. The molecule has 13 heteroatoms. The lowest BCUT2D eigenvalue weighted by Gasteiger charge is -2.24. The van der Waals surface area contributed by atoms with Gasteiger partial charge in [-0.25, -0.2) is 18.0 Å². The molecule has 0 aliphatic carbocycles. The lowest BCUT2D eigenvalue weighted by molar-refractivity contribution is -0.387. The van der Waals surface area contributed by atoms with Gasteiger partial charge in [-0.2, -0.15) is 0 Å². The Morgan fingerprint density at radius 3 is 2.16 bits per heavy atom. The van der Waals surface area contributed by atoms with Crippen LogP contribution in [-0.4, -0.2) is 60.8 Å². The van der Waals surface area contributed by atoms with Gasteiger partial charge in [0.15, 0.2) is 11.5 Å². The van der Waals surface area contributed by atoms with E-state index in [1.54, 1.807) is 41.5 Å². The first-order valence-corrected chi connectivity index (χ1v) is 11.0. The van der Waals surface area contributed by atoms with Crippen molar-refractivity contribution >= 4 is 27.8 Å². The zero-order valence-corrected chi connectivity index (χ0v) is 19.7. The second-order valence-electron chi connectivity index (χ2n) is 8.54. The molecule has 1 N–H and O–H groups in total. The van der Waals surface area contributed by atoms with Crippen LogP contribution in [0.4, 0.5) is 10.5 Å². The van der Waals surface area contributed by atoms with E-state index < -0.39 is 61.9 Å². The number of nitro benzene ring substituents is 1. The van der Waals surface area contributed by atoms with E-state index in [-0.39, 0.29) is 6.54 Å². The van der Waals surface area contributed by atoms with E-state index in [9.17, 15) is 28.1 Å². The third kappa shape index (κ3) is 9.16. The number of carbonyl (C=O) groups excluding carboxylic acids is 2. The number of hydrogen-bond acceptors (Lipinski definition) is 9. The van der Waals surface area contributed by atoms with Gasteiger partial charge in [0.1, 0.15) is 11.2 Å². The van der Waals surface area contributed by atoms with Crippen molar-refractivity contribution in [2.24, 2.45) is 0 Å². The van der Waals surface area contributed by atoms with Crippen LogP contribution in [0.25, 0.3) is 0 Å². The van der Waals surface area contributed by atoms with E-state index in [1.165, 1.54) is 12.1 Å². The highest BCUT2D eigenvalue weighted by atomic mass is 32.2. The first-order chi connectivity index (χ1) is 14.5. The van der Waals surface area contributed by atoms with Crippen molar-refractivity contribution in [2.45, 2.75) is 57.6 Å². The van der Waals surface area contributed by atoms with Gasteiger partial charge < -0.3 is 14.8 Å². The van der Waals surface area contributed by atoms with Crippen LogP contribution in [0.3, 0.4) is 0 Å². The van der Waals surface area contributed by atoms with Crippen molar-refractivity contribution in [3.63, 3.8) is 0 Å². The molecular weight excluding hydrogens is 446 g/mol. The van der Waals surface area contributed by atoms with Crippen molar-refractivity contribution < 1.29 is 37.2 Å². The zero-order chi connectivity index (χ0) is 24.7. The average molecular weight is 476 g/mol. The van der Waals surface area contributed by atoms with E-state index in [0.29, 0.717) is 4.47 Å². The Hall–Kier alpha value is -2.77. The standard InChI is InChI=1S/C19H29N3O9S/c1-18(2,3)30-16(23)13-29-21(12-11-20-17(24)31-19(4,5)6)32(27,28)15-10-8-7-9-14(15)22(25)26/h7-10H,11-13H2,1-6H3,(H,20,24). The summed E-state index contributed by atoms with van der Waals surface area (Å²) in [6.45, 7) is 8.33. The van der Waals surface area contributed by atoms with Crippen molar-refractivity contribution in [1.29, 1.82) is 0 Å². The highest BCUT2D eigenvalue weighted by molar-refractivity contribution is 7.89. The Morgan fingerprint density at radius 2 is 1.62 bits per heavy atom. The maximum atomic E-state index is 13.1. The summed E-state index contributed by atoms with van der Waals surface area (Å²) in [6, 6.07) is 4.69. The second-order valence-corrected chi connectivity index (χ2v) is 10.3. The smallest absolute Gasteiger partial charge is 0.407 e. The van der Waals surface area contributed by atoms with E-state index in [4.69, 9.17) is 14.3 Å². The molecule has 1 amide bonds. The van der Waals surface area contributed by atoms with Gasteiger partial charge in [-0.15, -0.1) is 0 Å². The molecule has 0 bridgehead atoms. The van der Waals surface area contributed by atoms with Gasteiger partial charge >= 0.3 is 12.1 Å². The van der Waals surface area contributed by atoms with Crippen LogP contribution in [0.2, 0.25) is 0 Å². The molecule has 0 aromatic heterocycles. The molecule has 0 saturated carbocycles. The third-order valence-corrected chi connectivity index (χ3v) is 5.04. The number of esters is 1. The fourth-order valence-electron chi connectivity index (χ4n) is 2.25. The number of nitrogens with zero attached hydrogens (tertiary/aromatic N) is 2. The third-order valence-electron chi connectivity index (χ3n) is 3.32. The first-order valence-electron chi connectivity index (χ1n) is 9.61. The summed E-state index contributed by atoms with van der Waals surface area (Å²) in [4.78, 5) is 38.7. The normalized spacial score (nSPS) is 12.3. The number of hydrogen-bond donors (Lipinski definition) is 1. The summed E-state index contributed by atoms with van der Waals surface area (Å²) in [5, 5.41) is 13.6. The Bertz CT molecular complexity index is 934. The van der Waals surface area contributed by atoms with Crippen molar-refractivity contribution in [2.75, 3.05) is 19.7 Å². The summed E-state index contributed by atoms with van der Waals surface area (Å²) >= 11 is 0. The number of amides is 1. The lowest BCUT2D eigenvalue weighted by atomic mass is 10.2. The molecule has 1 aromatic carbocycles.